The van der Waals surface area contributed by atoms with Crippen LogP contribution in [0.25, 0.3) is 0 Å². The summed E-state index contributed by atoms with van der Waals surface area (Å²) in [6.07, 6.45) is 1.32. The summed E-state index contributed by atoms with van der Waals surface area (Å²) in [7, 11) is 0. The van der Waals surface area contributed by atoms with Crippen LogP contribution in [0.3, 0.4) is 0 Å². The molecule has 0 radical (unpaired) electrons. The molecule has 20 heavy (non-hydrogen) atoms. The number of aryl methyl sites for hydroxylation is 1. The number of carbonyl (C=O) groups excluding carboxylic acids is 2. The maximum Gasteiger partial charge on any atom is 0.355 e. The van der Waals surface area contributed by atoms with E-state index in [9.17, 15) is 14.7 Å². The number of aliphatic hydroxyl groups excluding tert-OH is 1. The van der Waals surface area contributed by atoms with Crippen molar-refractivity contribution in [2.45, 2.75) is 45.8 Å². The van der Waals surface area contributed by atoms with Crippen molar-refractivity contribution in [3.05, 3.63) is 22.5 Å². The van der Waals surface area contributed by atoms with Gasteiger partial charge in [0.15, 0.2) is 6.61 Å². The van der Waals surface area contributed by atoms with Gasteiger partial charge in [-0.15, -0.1) is 0 Å². The number of H-pyrrole nitrogens is 1. The van der Waals surface area contributed by atoms with Gasteiger partial charge in [0.1, 0.15) is 5.69 Å². The number of aromatic nitrogens is 1. The highest BCUT2D eigenvalue weighted by atomic mass is 16.5. The van der Waals surface area contributed by atoms with Crippen molar-refractivity contribution in [1.82, 2.24) is 10.3 Å². The van der Waals surface area contributed by atoms with Crippen LogP contribution >= 0.6 is 0 Å². The van der Waals surface area contributed by atoms with Crippen molar-refractivity contribution in [3.63, 3.8) is 0 Å². The third-order valence-electron chi connectivity index (χ3n) is 3.39. The van der Waals surface area contributed by atoms with E-state index in [0.717, 1.165) is 18.5 Å². The molecule has 0 saturated heterocycles. The maximum absolute atomic E-state index is 11.9. The summed E-state index contributed by atoms with van der Waals surface area (Å²) in [6, 6.07) is 0.248. The van der Waals surface area contributed by atoms with E-state index < -0.39 is 12.1 Å². The van der Waals surface area contributed by atoms with Crippen LogP contribution in [-0.2, 0) is 9.53 Å². The highest BCUT2D eigenvalue weighted by Gasteiger charge is 2.25. The molecule has 0 aromatic carbocycles. The van der Waals surface area contributed by atoms with Gasteiger partial charge >= 0.3 is 5.97 Å². The lowest BCUT2D eigenvalue weighted by Crippen LogP contribution is -2.30. The number of hydrogen-bond donors (Lipinski definition) is 3. The molecule has 1 fully saturated rings. The average molecular weight is 280 g/mol. The van der Waals surface area contributed by atoms with Crippen LogP contribution in [0.5, 0.6) is 0 Å². The van der Waals surface area contributed by atoms with Crippen LogP contribution < -0.4 is 5.32 Å². The summed E-state index contributed by atoms with van der Waals surface area (Å²) in [5.41, 5.74) is 2.37. The van der Waals surface area contributed by atoms with Gasteiger partial charge in [0.2, 0.25) is 0 Å². The first-order chi connectivity index (χ1) is 9.40. The molecule has 1 aliphatic carbocycles. The second-order valence-electron chi connectivity index (χ2n) is 5.26. The Morgan fingerprint density at radius 2 is 2.10 bits per heavy atom. The van der Waals surface area contributed by atoms with Crippen LogP contribution in [0.2, 0.25) is 0 Å². The minimum Gasteiger partial charge on any atom is -0.451 e. The van der Waals surface area contributed by atoms with Crippen LogP contribution in [0.1, 0.15) is 53.2 Å². The van der Waals surface area contributed by atoms with Gasteiger partial charge in [0.25, 0.3) is 5.91 Å². The maximum atomic E-state index is 11.9. The predicted molar refractivity (Wildman–Crippen MR) is 72.3 cm³/mol. The van der Waals surface area contributed by atoms with Crippen LogP contribution in [0.15, 0.2) is 0 Å². The normalized spacial score (nSPS) is 15.8. The van der Waals surface area contributed by atoms with E-state index in [0.29, 0.717) is 11.1 Å². The lowest BCUT2D eigenvalue weighted by Gasteiger charge is -2.06. The molecular weight excluding hydrogens is 260 g/mol. The van der Waals surface area contributed by atoms with E-state index in [-0.39, 0.29) is 24.2 Å². The fourth-order valence-electron chi connectivity index (χ4n) is 2.30. The van der Waals surface area contributed by atoms with E-state index in [2.05, 4.69) is 10.3 Å². The third-order valence-corrected chi connectivity index (χ3v) is 3.39. The Labute approximate surface area is 117 Å². The molecule has 0 unspecified atom stereocenters. The Bertz CT molecular complexity index is 530. The molecule has 3 N–H and O–H groups in total. The van der Waals surface area contributed by atoms with Crippen LogP contribution in [0, 0.1) is 13.8 Å². The summed E-state index contributed by atoms with van der Waals surface area (Å²) < 4.78 is 4.98. The number of esters is 1. The van der Waals surface area contributed by atoms with Gasteiger partial charge in [0, 0.05) is 17.3 Å². The molecule has 1 aliphatic rings. The standard InChI is InChI=1S/C14H20N2O4/c1-7-12(9(3)17)8(2)15-13(7)14(19)20-6-11(18)16-10-4-5-10/h9-10,15,17H,4-6H2,1-3H3,(H,16,18)/t9-/m0/s1. The molecule has 0 aliphatic heterocycles. The number of rotatable bonds is 5. The number of nitrogens with one attached hydrogen (secondary N) is 2. The fourth-order valence-corrected chi connectivity index (χ4v) is 2.30. The zero-order valence-electron chi connectivity index (χ0n) is 11.9. The van der Waals surface area contributed by atoms with E-state index in [1.54, 1.807) is 20.8 Å². The fraction of sp³-hybridized carbons (Fsp3) is 0.571. The van der Waals surface area contributed by atoms with Gasteiger partial charge in [-0.05, 0) is 39.2 Å². The summed E-state index contributed by atoms with van der Waals surface area (Å²) in [4.78, 5) is 26.3. The Hall–Kier alpha value is -1.82. The first kappa shape index (κ1) is 14.6. The third kappa shape index (κ3) is 3.19. The minimum absolute atomic E-state index is 0.248. The van der Waals surface area contributed by atoms with Gasteiger partial charge < -0.3 is 20.1 Å². The number of carbonyl (C=O) groups is 2. The van der Waals surface area contributed by atoms with Crippen molar-refractivity contribution in [3.8, 4) is 0 Å². The Balaban J connectivity index is 1.98. The smallest absolute Gasteiger partial charge is 0.355 e. The lowest BCUT2D eigenvalue weighted by atomic mass is 10.1. The van der Waals surface area contributed by atoms with Crippen molar-refractivity contribution < 1.29 is 19.4 Å². The summed E-state index contributed by atoms with van der Waals surface area (Å²) in [5, 5.41) is 12.4. The van der Waals surface area contributed by atoms with Gasteiger partial charge in [-0.2, -0.15) is 0 Å². The van der Waals surface area contributed by atoms with E-state index in [4.69, 9.17) is 4.74 Å². The molecule has 0 spiro atoms. The molecule has 1 saturated carbocycles. The van der Waals surface area contributed by atoms with Gasteiger partial charge in [-0.1, -0.05) is 0 Å². The number of aromatic amines is 1. The molecule has 1 atom stereocenters. The van der Waals surface area contributed by atoms with Crippen LogP contribution in [0.4, 0.5) is 0 Å². The minimum atomic E-state index is -0.661. The number of ether oxygens (including phenoxy) is 1. The molecule has 1 aromatic rings. The topological polar surface area (TPSA) is 91.4 Å². The second kappa shape index (κ2) is 5.66. The predicted octanol–water partition coefficient (Wildman–Crippen LogP) is 1.12. The van der Waals surface area contributed by atoms with Gasteiger partial charge in [0.05, 0.1) is 6.10 Å². The lowest BCUT2D eigenvalue weighted by molar-refractivity contribution is -0.124. The van der Waals surface area contributed by atoms with E-state index >= 15 is 0 Å². The molecule has 110 valence electrons. The number of amides is 1. The molecule has 6 nitrogen and oxygen atoms in total. The zero-order chi connectivity index (χ0) is 14.9. The van der Waals surface area contributed by atoms with Crippen molar-refractivity contribution in [2.75, 3.05) is 6.61 Å². The largest absolute Gasteiger partial charge is 0.451 e. The summed E-state index contributed by atoms with van der Waals surface area (Å²) in [6.45, 7) is 4.89. The van der Waals surface area contributed by atoms with Crippen molar-refractivity contribution in [2.24, 2.45) is 0 Å². The molecule has 1 heterocycles. The van der Waals surface area contributed by atoms with Crippen molar-refractivity contribution in [1.29, 1.82) is 0 Å². The number of aliphatic hydroxyl groups is 1. The summed E-state index contributed by atoms with van der Waals surface area (Å²) in [5.74, 6) is -0.860. The Morgan fingerprint density at radius 1 is 1.45 bits per heavy atom. The zero-order valence-corrected chi connectivity index (χ0v) is 11.9. The molecule has 1 aromatic heterocycles. The van der Waals surface area contributed by atoms with Crippen molar-refractivity contribution >= 4 is 11.9 Å². The van der Waals surface area contributed by atoms with Gasteiger partial charge in [-0.3, -0.25) is 4.79 Å². The first-order valence-corrected chi connectivity index (χ1v) is 6.73. The summed E-state index contributed by atoms with van der Waals surface area (Å²) >= 11 is 0. The molecule has 2 rings (SSSR count). The number of hydrogen-bond acceptors (Lipinski definition) is 4. The Morgan fingerprint density at radius 3 is 2.60 bits per heavy atom. The Kier molecular flexibility index (Phi) is 4.13. The van der Waals surface area contributed by atoms with E-state index in [1.165, 1.54) is 0 Å². The molecule has 0 bridgehead atoms. The SMILES string of the molecule is Cc1[nH]c(C(=O)OCC(=O)NC2CC2)c(C)c1[C@H](C)O. The van der Waals surface area contributed by atoms with Crippen LogP contribution in [-0.4, -0.2) is 34.6 Å². The first-order valence-electron chi connectivity index (χ1n) is 6.73. The highest BCUT2D eigenvalue weighted by Crippen LogP contribution is 2.24. The second-order valence-corrected chi connectivity index (χ2v) is 5.26. The molecule has 1 amide bonds. The highest BCUT2D eigenvalue weighted by molar-refractivity contribution is 5.91. The monoisotopic (exact) mass is 280 g/mol. The average Bonchev–Trinajstić information content (AvgIpc) is 3.11. The molecular formula is C14H20N2O4. The van der Waals surface area contributed by atoms with E-state index in [1.807, 2.05) is 0 Å². The quantitative estimate of drug-likeness (QED) is 0.705. The van der Waals surface area contributed by atoms with Gasteiger partial charge in [-0.25, -0.2) is 4.79 Å². The molecule has 6 heteroatoms.